The largest absolute Gasteiger partial charge is 0.383 e. The Morgan fingerprint density at radius 2 is 2.03 bits per heavy atom. The van der Waals surface area contributed by atoms with Crippen LogP contribution < -0.4 is 11.1 Å². The molecule has 0 aliphatic carbocycles. The topological polar surface area (TPSA) is 102 Å². The number of pyridine rings is 2. The summed E-state index contributed by atoms with van der Waals surface area (Å²) in [7, 11) is 1.84. The molecular weight excluding hydrogens is 402 g/mol. The van der Waals surface area contributed by atoms with Gasteiger partial charge in [-0.15, -0.1) is 0 Å². The van der Waals surface area contributed by atoms with Crippen LogP contribution in [-0.2, 0) is 4.79 Å². The van der Waals surface area contributed by atoms with Crippen molar-refractivity contribution in [1.29, 1.82) is 0 Å². The fourth-order valence-corrected chi connectivity index (χ4v) is 4.22. The van der Waals surface area contributed by atoms with Crippen molar-refractivity contribution in [3.63, 3.8) is 0 Å². The van der Waals surface area contributed by atoms with Gasteiger partial charge in [0.2, 0.25) is 5.91 Å². The average molecular weight is 428 g/mol. The lowest BCUT2D eigenvalue weighted by molar-refractivity contribution is -0.136. The van der Waals surface area contributed by atoms with Crippen molar-refractivity contribution >= 4 is 34.0 Å². The van der Waals surface area contributed by atoms with Gasteiger partial charge in [0.15, 0.2) is 0 Å². The Morgan fingerprint density at radius 3 is 2.88 bits per heavy atom. The molecule has 0 saturated carbocycles. The van der Waals surface area contributed by atoms with Crippen LogP contribution in [-0.4, -0.2) is 44.1 Å². The van der Waals surface area contributed by atoms with Crippen LogP contribution in [0.5, 0.6) is 0 Å². The number of carbonyl (C=O) groups excluding carboxylic acids is 1. The van der Waals surface area contributed by atoms with Gasteiger partial charge < -0.3 is 16.0 Å². The fraction of sp³-hybridized carbons (Fsp3) is 0.250. The zero-order valence-corrected chi connectivity index (χ0v) is 18.1. The number of likely N-dealkylation sites (tertiary alicyclic amines) is 1. The Hall–Kier alpha value is -3.94. The molecule has 1 aliphatic rings. The third-order valence-electron chi connectivity index (χ3n) is 5.99. The average Bonchev–Trinajstić information content (AvgIpc) is 3.24. The minimum absolute atomic E-state index is 0.0986. The molecule has 1 atom stereocenters. The molecule has 1 fully saturated rings. The number of carbonyl (C=O) groups is 1. The summed E-state index contributed by atoms with van der Waals surface area (Å²) in [6.45, 7) is 2.86. The molecule has 0 radical (unpaired) electrons. The van der Waals surface area contributed by atoms with Crippen LogP contribution in [0, 0.1) is 6.92 Å². The number of hydrogen-bond donors (Lipinski definition) is 2. The number of likely N-dealkylation sites (N-methyl/N-ethyl adjacent to an activating group) is 1. The van der Waals surface area contributed by atoms with E-state index in [0.29, 0.717) is 11.6 Å². The predicted molar refractivity (Wildman–Crippen MR) is 126 cm³/mol. The van der Waals surface area contributed by atoms with Gasteiger partial charge in [-0.2, -0.15) is 5.10 Å². The highest BCUT2D eigenvalue weighted by molar-refractivity contribution is 5.94. The summed E-state index contributed by atoms with van der Waals surface area (Å²) in [5.41, 5.74) is 10.0. The first-order chi connectivity index (χ1) is 15.5. The maximum Gasteiger partial charge on any atom is 0.247 e. The van der Waals surface area contributed by atoms with Crippen LogP contribution in [0.25, 0.3) is 22.0 Å². The number of aryl methyl sites for hydroxylation is 1. The van der Waals surface area contributed by atoms with Crippen molar-refractivity contribution in [3.8, 4) is 11.3 Å². The van der Waals surface area contributed by atoms with E-state index >= 15 is 0 Å². The Labute approximate surface area is 186 Å². The summed E-state index contributed by atoms with van der Waals surface area (Å²) in [6, 6.07) is 11.8. The molecule has 0 unspecified atom stereocenters. The first-order valence-corrected chi connectivity index (χ1v) is 10.7. The number of rotatable bonds is 4. The number of nitrogens with one attached hydrogen (secondary N) is 1. The molecule has 162 valence electrons. The highest BCUT2D eigenvalue weighted by Gasteiger charge is 2.28. The number of anilines is 3. The predicted octanol–water partition coefficient (Wildman–Crippen LogP) is 3.92. The highest BCUT2D eigenvalue weighted by atomic mass is 16.2. The third-order valence-corrected chi connectivity index (χ3v) is 5.99. The zero-order valence-electron chi connectivity index (χ0n) is 18.1. The van der Waals surface area contributed by atoms with E-state index in [1.54, 1.807) is 22.0 Å². The summed E-state index contributed by atoms with van der Waals surface area (Å²) in [5.74, 6) is 1.22. The number of fused-ring (bicyclic) bond motifs is 1. The molecule has 0 bridgehead atoms. The zero-order chi connectivity index (χ0) is 22.2. The van der Waals surface area contributed by atoms with Crippen molar-refractivity contribution in [2.75, 3.05) is 24.6 Å². The molecule has 3 N–H and O–H groups in total. The third kappa shape index (κ3) is 3.64. The van der Waals surface area contributed by atoms with Crippen molar-refractivity contribution in [1.82, 2.24) is 24.6 Å². The summed E-state index contributed by atoms with van der Waals surface area (Å²) in [6.07, 6.45) is 7.07. The molecule has 8 nitrogen and oxygen atoms in total. The van der Waals surface area contributed by atoms with Crippen LogP contribution in [0.15, 0.2) is 55.0 Å². The van der Waals surface area contributed by atoms with Crippen molar-refractivity contribution < 1.29 is 4.79 Å². The molecule has 4 aromatic rings. The SMILES string of the molecule is Cc1ccccc1-c1cc2cc(Nc3cnn([C@@H]4CCCN(C)C4=O)c3)ncc2c(N)n1. The quantitative estimate of drug-likeness (QED) is 0.512. The van der Waals surface area contributed by atoms with Gasteiger partial charge in [-0.1, -0.05) is 24.3 Å². The second-order valence-corrected chi connectivity index (χ2v) is 8.25. The van der Waals surface area contributed by atoms with Crippen molar-refractivity contribution in [3.05, 3.63) is 60.6 Å². The summed E-state index contributed by atoms with van der Waals surface area (Å²) in [4.78, 5) is 23.3. The number of nitrogen functional groups attached to an aromatic ring is 1. The Balaban J connectivity index is 1.44. The number of hydrogen-bond acceptors (Lipinski definition) is 6. The Morgan fingerprint density at radius 1 is 1.19 bits per heavy atom. The molecule has 1 aromatic carbocycles. The molecule has 4 heterocycles. The maximum atomic E-state index is 12.5. The lowest BCUT2D eigenvalue weighted by Crippen LogP contribution is -2.39. The lowest BCUT2D eigenvalue weighted by Gasteiger charge is -2.29. The molecule has 1 amide bonds. The van der Waals surface area contributed by atoms with Gasteiger partial charge in [0.25, 0.3) is 0 Å². The molecule has 1 saturated heterocycles. The minimum atomic E-state index is -0.253. The molecule has 5 rings (SSSR count). The number of aromatic nitrogens is 4. The maximum absolute atomic E-state index is 12.5. The number of nitrogens with two attached hydrogens (primary N) is 1. The van der Waals surface area contributed by atoms with E-state index in [2.05, 4.69) is 33.4 Å². The normalized spacial score (nSPS) is 16.5. The second-order valence-electron chi connectivity index (χ2n) is 8.25. The van der Waals surface area contributed by atoms with Gasteiger partial charge in [0.05, 0.1) is 17.6 Å². The van der Waals surface area contributed by atoms with E-state index in [0.717, 1.165) is 52.7 Å². The summed E-state index contributed by atoms with van der Waals surface area (Å²) in [5, 5.41) is 9.45. The summed E-state index contributed by atoms with van der Waals surface area (Å²) >= 11 is 0. The second kappa shape index (κ2) is 7.96. The standard InChI is InChI=1S/C24H25N7O/c1-15-6-3-4-7-18(15)20-10-16-11-22(26-13-19(16)23(25)29-20)28-17-12-27-31(14-17)21-8-5-9-30(2)24(21)32/h3-4,6-7,10-14,21H,5,8-9H2,1-2H3,(H2,25,29)(H,26,28)/t21-/m1/s1. The highest BCUT2D eigenvalue weighted by Crippen LogP contribution is 2.30. The van der Waals surface area contributed by atoms with E-state index in [-0.39, 0.29) is 11.9 Å². The number of piperidine rings is 1. The first-order valence-electron chi connectivity index (χ1n) is 10.7. The van der Waals surface area contributed by atoms with E-state index < -0.39 is 0 Å². The molecule has 3 aromatic heterocycles. The van der Waals surface area contributed by atoms with Crippen LogP contribution in [0.3, 0.4) is 0 Å². The van der Waals surface area contributed by atoms with Gasteiger partial charge in [0.1, 0.15) is 17.7 Å². The van der Waals surface area contributed by atoms with E-state index in [1.807, 2.05) is 43.6 Å². The Bertz CT molecular complexity index is 1310. The fourth-order valence-electron chi connectivity index (χ4n) is 4.22. The van der Waals surface area contributed by atoms with Crippen molar-refractivity contribution in [2.45, 2.75) is 25.8 Å². The number of nitrogens with zero attached hydrogens (tertiary/aromatic N) is 5. The molecule has 32 heavy (non-hydrogen) atoms. The van der Waals surface area contributed by atoms with Gasteiger partial charge >= 0.3 is 0 Å². The van der Waals surface area contributed by atoms with Crippen LogP contribution in [0.1, 0.15) is 24.4 Å². The minimum Gasteiger partial charge on any atom is -0.383 e. The van der Waals surface area contributed by atoms with E-state index in [9.17, 15) is 4.79 Å². The first kappa shape index (κ1) is 20.0. The lowest BCUT2D eigenvalue weighted by atomic mass is 10.0. The molecule has 1 aliphatic heterocycles. The van der Waals surface area contributed by atoms with E-state index in [4.69, 9.17) is 5.73 Å². The van der Waals surface area contributed by atoms with Gasteiger partial charge in [0, 0.05) is 36.9 Å². The number of benzene rings is 1. The molecule has 8 heteroatoms. The van der Waals surface area contributed by atoms with Gasteiger partial charge in [-0.05, 0) is 42.8 Å². The van der Waals surface area contributed by atoms with Gasteiger partial charge in [-0.3, -0.25) is 9.48 Å². The van der Waals surface area contributed by atoms with E-state index in [1.165, 1.54) is 0 Å². The van der Waals surface area contributed by atoms with Crippen LogP contribution >= 0.6 is 0 Å². The smallest absolute Gasteiger partial charge is 0.247 e. The number of amides is 1. The summed E-state index contributed by atoms with van der Waals surface area (Å²) < 4.78 is 1.74. The molecule has 0 spiro atoms. The van der Waals surface area contributed by atoms with Gasteiger partial charge in [-0.25, -0.2) is 9.97 Å². The van der Waals surface area contributed by atoms with Crippen LogP contribution in [0.2, 0.25) is 0 Å². The monoisotopic (exact) mass is 427 g/mol. The van der Waals surface area contributed by atoms with Crippen molar-refractivity contribution in [2.24, 2.45) is 0 Å². The Kier molecular flexibility index (Phi) is 4.97. The van der Waals surface area contributed by atoms with Crippen LogP contribution in [0.4, 0.5) is 17.3 Å². The molecular formula is C24H25N7O.